The molecule has 0 unspecified atom stereocenters. The first-order valence-electron chi connectivity index (χ1n) is 7.92. The van der Waals surface area contributed by atoms with Crippen LogP contribution in [0.2, 0.25) is 0 Å². The summed E-state index contributed by atoms with van der Waals surface area (Å²) in [6, 6.07) is 15.6. The summed E-state index contributed by atoms with van der Waals surface area (Å²) >= 11 is 1.50. The third-order valence-electron chi connectivity index (χ3n) is 3.71. The molecular weight excluding hydrogens is 336 g/mol. The van der Waals surface area contributed by atoms with Crippen molar-refractivity contribution in [1.29, 1.82) is 0 Å². The van der Waals surface area contributed by atoms with Gasteiger partial charge >= 0.3 is 5.97 Å². The second kappa shape index (κ2) is 7.98. The number of hydrogen-bond acceptors (Lipinski definition) is 6. The van der Waals surface area contributed by atoms with E-state index in [9.17, 15) is 4.79 Å². The summed E-state index contributed by atoms with van der Waals surface area (Å²) in [6.45, 7) is 2.13. The maximum Gasteiger partial charge on any atom is 0.373 e. The standard InChI is InChI=1S/C19H18N2O3S/c1-3-13-4-6-14(7-5-13)16-9-11-18(21-20-16)25-12-15-8-10-17(24-15)19(22)23-2/h4-11H,3,12H2,1-2H3. The topological polar surface area (TPSA) is 65.2 Å². The number of carbonyl (C=O) groups is 1. The summed E-state index contributed by atoms with van der Waals surface area (Å²) in [5.41, 5.74) is 3.20. The zero-order chi connectivity index (χ0) is 17.6. The molecule has 0 atom stereocenters. The van der Waals surface area contributed by atoms with Crippen molar-refractivity contribution in [2.75, 3.05) is 7.11 Å². The Balaban J connectivity index is 1.62. The minimum atomic E-state index is -0.477. The number of methoxy groups -OCH3 is 1. The molecule has 0 fully saturated rings. The number of rotatable bonds is 6. The fourth-order valence-corrected chi connectivity index (χ4v) is 2.98. The van der Waals surface area contributed by atoms with Crippen LogP contribution < -0.4 is 0 Å². The van der Waals surface area contributed by atoms with E-state index in [0.717, 1.165) is 22.7 Å². The lowest BCUT2D eigenvalue weighted by Gasteiger charge is -2.03. The van der Waals surface area contributed by atoms with Gasteiger partial charge in [-0.2, -0.15) is 0 Å². The number of hydrogen-bond donors (Lipinski definition) is 0. The lowest BCUT2D eigenvalue weighted by Crippen LogP contribution is -1.98. The van der Waals surface area contributed by atoms with Crippen LogP contribution in [0.4, 0.5) is 0 Å². The van der Waals surface area contributed by atoms with Crippen molar-refractivity contribution in [3.63, 3.8) is 0 Å². The molecule has 25 heavy (non-hydrogen) atoms. The third-order valence-corrected chi connectivity index (χ3v) is 4.65. The van der Waals surface area contributed by atoms with E-state index in [1.54, 1.807) is 12.1 Å². The molecule has 0 aliphatic carbocycles. The summed E-state index contributed by atoms with van der Waals surface area (Å²) in [7, 11) is 1.33. The average molecular weight is 354 g/mol. The molecule has 2 aromatic heterocycles. The molecule has 0 spiro atoms. The monoisotopic (exact) mass is 354 g/mol. The fourth-order valence-electron chi connectivity index (χ4n) is 2.27. The van der Waals surface area contributed by atoms with E-state index < -0.39 is 5.97 Å². The quantitative estimate of drug-likeness (QED) is 0.483. The molecule has 3 aromatic rings. The van der Waals surface area contributed by atoms with Crippen LogP contribution in [0.1, 0.15) is 28.8 Å². The van der Waals surface area contributed by atoms with Crippen LogP contribution in [0.15, 0.2) is 58.0 Å². The lowest BCUT2D eigenvalue weighted by atomic mass is 10.1. The van der Waals surface area contributed by atoms with E-state index in [1.807, 2.05) is 12.1 Å². The van der Waals surface area contributed by atoms with Crippen LogP contribution in [-0.2, 0) is 16.9 Å². The van der Waals surface area contributed by atoms with Crippen LogP contribution in [-0.4, -0.2) is 23.3 Å². The zero-order valence-electron chi connectivity index (χ0n) is 14.1. The van der Waals surface area contributed by atoms with Crippen molar-refractivity contribution < 1.29 is 13.9 Å². The maximum absolute atomic E-state index is 11.4. The Kier molecular flexibility index (Phi) is 5.50. The van der Waals surface area contributed by atoms with Gasteiger partial charge in [-0.25, -0.2) is 4.79 Å². The summed E-state index contributed by atoms with van der Waals surface area (Å²) in [4.78, 5) is 11.4. The lowest BCUT2D eigenvalue weighted by molar-refractivity contribution is 0.0563. The Hall–Kier alpha value is -2.60. The Labute approximate surface area is 150 Å². The van der Waals surface area contributed by atoms with Gasteiger partial charge in [-0.3, -0.25) is 0 Å². The Morgan fingerprint density at radius 2 is 1.88 bits per heavy atom. The number of carbonyl (C=O) groups excluding carboxylic acids is 1. The van der Waals surface area contributed by atoms with Gasteiger partial charge in [-0.05, 0) is 36.2 Å². The Morgan fingerprint density at radius 1 is 1.08 bits per heavy atom. The highest BCUT2D eigenvalue weighted by Crippen LogP contribution is 2.24. The molecule has 2 heterocycles. The fraction of sp³-hybridized carbons (Fsp3) is 0.211. The molecule has 3 rings (SSSR count). The first-order chi connectivity index (χ1) is 12.2. The number of esters is 1. The first-order valence-corrected chi connectivity index (χ1v) is 8.91. The maximum atomic E-state index is 11.4. The van der Waals surface area contributed by atoms with Crippen LogP contribution >= 0.6 is 11.8 Å². The molecule has 0 radical (unpaired) electrons. The molecular formula is C19H18N2O3S. The number of aromatic nitrogens is 2. The van der Waals surface area contributed by atoms with Gasteiger partial charge in [-0.15, -0.1) is 10.2 Å². The smallest absolute Gasteiger partial charge is 0.373 e. The average Bonchev–Trinajstić information content (AvgIpc) is 3.15. The molecule has 0 N–H and O–H groups in total. The van der Waals surface area contributed by atoms with Crippen LogP contribution in [0.25, 0.3) is 11.3 Å². The van der Waals surface area contributed by atoms with E-state index >= 15 is 0 Å². The van der Waals surface area contributed by atoms with E-state index in [2.05, 4.69) is 46.1 Å². The van der Waals surface area contributed by atoms with Gasteiger partial charge in [0, 0.05) is 5.56 Å². The molecule has 0 saturated heterocycles. The van der Waals surface area contributed by atoms with Crippen LogP contribution in [0.3, 0.4) is 0 Å². The first kappa shape index (κ1) is 17.2. The highest BCUT2D eigenvalue weighted by atomic mass is 32.2. The number of ether oxygens (including phenoxy) is 1. The Morgan fingerprint density at radius 3 is 2.52 bits per heavy atom. The predicted octanol–water partition coefficient (Wildman–Crippen LogP) is 4.38. The van der Waals surface area contributed by atoms with Crippen molar-refractivity contribution in [1.82, 2.24) is 10.2 Å². The number of furan rings is 1. The molecule has 0 aliphatic rings. The molecule has 0 bridgehead atoms. The molecule has 5 nitrogen and oxygen atoms in total. The summed E-state index contributed by atoms with van der Waals surface area (Å²) < 4.78 is 10.0. The second-order valence-electron chi connectivity index (χ2n) is 5.35. The van der Waals surface area contributed by atoms with Crippen LogP contribution in [0.5, 0.6) is 0 Å². The molecule has 0 aliphatic heterocycles. The zero-order valence-corrected chi connectivity index (χ0v) is 14.9. The van der Waals surface area contributed by atoms with Crippen LogP contribution in [0, 0.1) is 0 Å². The van der Waals surface area contributed by atoms with Crippen molar-refractivity contribution in [3.8, 4) is 11.3 Å². The molecule has 0 saturated carbocycles. The highest BCUT2D eigenvalue weighted by Gasteiger charge is 2.11. The molecule has 6 heteroatoms. The Bertz CT molecular complexity index is 842. The third kappa shape index (κ3) is 4.28. The SMILES string of the molecule is CCc1ccc(-c2ccc(SCc3ccc(C(=O)OC)o3)nn2)cc1. The van der Waals surface area contributed by atoms with E-state index in [4.69, 9.17) is 4.42 Å². The summed E-state index contributed by atoms with van der Waals surface area (Å²) in [5, 5.41) is 9.33. The normalized spacial score (nSPS) is 10.6. The summed E-state index contributed by atoms with van der Waals surface area (Å²) in [5.74, 6) is 0.979. The van der Waals surface area contributed by atoms with E-state index in [1.165, 1.54) is 24.4 Å². The minimum Gasteiger partial charge on any atom is -0.463 e. The molecule has 128 valence electrons. The van der Waals surface area contributed by atoms with Gasteiger partial charge in [0.2, 0.25) is 5.76 Å². The van der Waals surface area contributed by atoms with Gasteiger partial charge < -0.3 is 9.15 Å². The van der Waals surface area contributed by atoms with Gasteiger partial charge in [0.05, 0.1) is 18.6 Å². The van der Waals surface area contributed by atoms with Gasteiger partial charge in [0.25, 0.3) is 0 Å². The number of aryl methyl sites for hydroxylation is 1. The number of benzene rings is 1. The van der Waals surface area contributed by atoms with Gasteiger partial charge in [0.1, 0.15) is 10.8 Å². The van der Waals surface area contributed by atoms with Gasteiger partial charge in [-0.1, -0.05) is 43.0 Å². The largest absolute Gasteiger partial charge is 0.463 e. The highest BCUT2D eigenvalue weighted by molar-refractivity contribution is 7.98. The van der Waals surface area contributed by atoms with Crippen molar-refractivity contribution >= 4 is 17.7 Å². The minimum absolute atomic E-state index is 0.204. The van der Waals surface area contributed by atoms with E-state index in [0.29, 0.717) is 11.5 Å². The van der Waals surface area contributed by atoms with E-state index in [-0.39, 0.29) is 5.76 Å². The van der Waals surface area contributed by atoms with Gasteiger partial charge in [0.15, 0.2) is 0 Å². The van der Waals surface area contributed by atoms with Crippen molar-refractivity contribution in [2.24, 2.45) is 0 Å². The summed E-state index contributed by atoms with van der Waals surface area (Å²) in [6.07, 6.45) is 1.02. The second-order valence-corrected chi connectivity index (χ2v) is 6.35. The van der Waals surface area contributed by atoms with Crippen molar-refractivity contribution in [2.45, 2.75) is 24.1 Å². The molecule has 0 amide bonds. The molecule has 1 aromatic carbocycles. The number of thioether (sulfide) groups is 1. The number of nitrogens with zero attached hydrogens (tertiary/aromatic N) is 2. The predicted molar refractivity (Wildman–Crippen MR) is 96.5 cm³/mol. The van der Waals surface area contributed by atoms with Crippen molar-refractivity contribution in [3.05, 3.63) is 65.6 Å².